The van der Waals surface area contributed by atoms with Crippen molar-refractivity contribution in [3.63, 3.8) is 0 Å². The van der Waals surface area contributed by atoms with Gasteiger partial charge in [0.1, 0.15) is 6.33 Å². The molecule has 0 radical (unpaired) electrons. The molecule has 106 valence electrons. The molecule has 0 bridgehead atoms. The Bertz CT molecular complexity index is 542. The van der Waals surface area contributed by atoms with Gasteiger partial charge in [-0.15, -0.1) is 5.10 Å². The highest BCUT2D eigenvalue weighted by Crippen LogP contribution is 2.24. The maximum Gasteiger partial charge on any atom is 0.143 e. The molecule has 6 heteroatoms. The van der Waals surface area contributed by atoms with Crippen molar-refractivity contribution in [3.8, 4) is 5.69 Å². The van der Waals surface area contributed by atoms with Crippen molar-refractivity contribution in [1.29, 1.82) is 0 Å². The molecule has 0 aliphatic carbocycles. The van der Waals surface area contributed by atoms with Gasteiger partial charge in [-0.3, -0.25) is 0 Å². The molecule has 1 aromatic carbocycles. The fourth-order valence-corrected chi connectivity index (χ4v) is 2.58. The predicted molar refractivity (Wildman–Crippen MR) is 75.8 cm³/mol. The summed E-state index contributed by atoms with van der Waals surface area (Å²) in [4.78, 5) is 0. The zero-order valence-corrected chi connectivity index (χ0v) is 11.6. The Kier molecular flexibility index (Phi) is 3.92. The second-order valence-corrected chi connectivity index (χ2v) is 5.04. The number of tetrazole rings is 1. The van der Waals surface area contributed by atoms with Gasteiger partial charge in [-0.1, -0.05) is 19.1 Å². The molecular weight excluding hydrogens is 254 g/mol. The summed E-state index contributed by atoms with van der Waals surface area (Å²) in [5, 5.41) is 15.0. The summed E-state index contributed by atoms with van der Waals surface area (Å²) in [5.41, 5.74) is 2.03. The number of ether oxygens (including phenoxy) is 1. The van der Waals surface area contributed by atoms with Crippen LogP contribution in [0.1, 0.15) is 26.2 Å². The highest BCUT2D eigenvalue weighted by molar-refractivity contribution is 5.60. The summed E-state index contributed by atoms with van der Waals surface area (Å²) in [6, 6.07) is 8.52. The number of anilines is 1. The maximum atomic E-state index is 5.72. The Labute approximate surface area is 118 Å². The van der Waals surface area contributed by atoms with Crippen LogP contribution < -0.4 is 5.32 Å². The standard InChI is InChI=1S/C14H19N5O/c1-2-12-9-11(7-8-20-12)16-13-5-3-4-6-14(13)19-10-15-17-18-19/h3-6,10-12,16H,2,7-9H2,1H3. The normalized spacial score (nSPS) is 22.6. The van der Waals surface area contributed by atoms with Crippen LogP contribution in [0.5, 0.6) is 0 Å². The zero-order valence-electron chi connectivity index (χ0n) is 11.6. The highest BCUT2D eigenvalue weighted by Gasteiger charge is 2.21. The fourth-order valence-electron chi connectivity index (χ4n) is 2.58. The quantitative estimate of drug-likeness (QED) is 0.923. The third-order valence-electron chi connectivity index (χ3n) is 3.68. The molecule has 0 spiro atoms. The van der Waals surface area contributed by atoms with E-state index >= 15 is 0 Å². The predicted octanol–water partition coefficient (Wildman–Crippen LogP) is 2.03. The van der Waals surface area contributed by atoms with Gasteiger partial charge in [0.05, 0.1) is 17.5 Å². The van der Waals surface area contributed by atoms with Gasteiger partial charge in [0.15, 0.2) is 0 Å². The summed E-state index contributed by atoms with van der Waals surface area (Å²) in [5.74, 6) is 0. The van der Waals surface area contributed by atoms with Crippen LogP contribution in [0, 0.1) is 0 Å². The molecule has 2 aromatic rings. The number of hydrogen-bond acceptors (Lipinski definition) is 5. The van der Waals surface area contributed by atoms with Gasteiger partial charge < -0.3 is 10.1 Å². The number of hydrogen-bond donors (Lipinski definition) is 1. The number of nitrogens with zero attached hydrogens (tertiary/aromatic N) is 4. The molecule has 3 rings (SSSR count). The van der Waals surface area contributed by atoms with Crippen LogP contribution in [0.3, 0.4) is 0 Å². The van der Waals surface area contributed by atoms with Crippen LogP contribution in [-0.2, 0) is 4.74 Å². The largest absolute Gasteiger partial charge is 0.380 e. The monoisotopic (exact) mass is 273 g/mol. The SMILES string of the molecule is CCC1CC(Nc2ccccc2-n2cnnn2)CCO1. The molecule has 1 aromatic heterocycles. The van der Waals surface area contributed by atoms with E-state index in [9.17, 15) is 0 Å². The molecule has 1 saturated heterocycles. The van der Waals surface area contributed by atoms with Gasteiger partial charge >= 0.3 is 0 Å². The first-order valence-electron chi connectivity index (χ1n) is 7.07. The van der Waals surface area contributed by atoms with Gasteiger partial charge in [0.2, 0.25) is 0 Å². The fraction of sp³-hybridized carbons (Fsp3) is 0.500. The molecule has 1 aliphatic rings. The molecular formula is C14H19N5O. The Morgan fingerprint density at radius 1 is 1.40 bits per heavy atom. The third kappa shape index (κ3) is 2.80. The first-order valence-corrected chi connectivity index (χ1v) is 7.07. The Morgan fingerprint density at radius 3 is 3.10 bits per heavy atom. The van der Waals surface area contributed by atoms with Crippen LogP contribution in [0.25, 0.3) is 5.69 Å². The van der Waals surface area contributed by atoms with E-state index in [4.69, 9.17) is 4.74 Å². The average Bonchev–Trinajstić information content (AvgIpc) is 3.02. The van der Waals surface area contributed by atoms with Gasteiger partial charge in [-0.25, -0.2) is 0 Å². The summed E-state index contributed by atoms with van der Waals surface area (Å²) >= 11 is 0. The van der Waals surface area contributed by atoms with E-state index in [1.54, 1.807) is 11.0 Å². The molecule has 6 nitrogen and oxygen atoms in total. The van der Waals surface area contributed by atoms with Crippen molar-refractivity contribution in [2.24, 2.45) is 0 Å². The number of aromatic nitrogens is 4. The minimum Gasteiger partial charge on any atom is -0.380 e. The number of para-hydroxylation sites is 2. The van der Waals surface area contributed by atoms with Crippen molar-refractivity contribution in [2.45, 2.75) is 38.3 Å². The lowest BCUT2D eigenvalue weighted by Crippen LogP contribution is -2.34. The third-order valence-corrected chi connectivity index (χ3v) is 3.68. The summed E-state index contributed by atoms with van der Waals surface area (Å²) in [7, 11) is 0. The van der Waals surface area contributed by atoms with Crippen molar-refractivity contribution in [3.05, 3.63) is 30.6 Å². The average molecular weight is 273 g/mol. The van der Waals surface area contributed by atoms with Crippen LogP contribution in [0.2, 0.25) is 0 Å². The molecule has 0 saturated carbocycles. The van der Waals surface area contributed by atoms with Crippen LogP contribution >= 0.6 is 0 Å². The molecule has 1 aliphatic heterocycles. The summed E-state index contributed by atoms with van der Waals surface area (Å²) in [6.07, 6.45) is 5.11. The van der Waals surface area contributed by atoms with Crippen molar-refractivity contribution in [2.75, 3.05) is 11.9 Å². The first kappa shape index (κ1) is 13.1. The molecule has 20 heavy (non-hydrogen) atoms. The number of nitrogens with one attached hydrogen (secondary N) is 1. The second kappa shape index (κ2) is 6.00. The molecule has 0 amide bonds. The lowest BCUT2D eigenvalue weighted by molar-refractivity contribution is 0.00925. The Balaban J connectivity index is 1.77. The van der Waals surface area contributed by atoms with E-state index in [2.05, 4.69) is 33.8 Å². The minimum atomic E-state index is 0.362. The van der Waals surface area contributed by atoms with Crippen LogP contribution in [0.15, 0.2) is 30.6 Å². The van der Waals surface area contributed by atoms with Gasteiger partial charge in [-0.05, 0) is 41.8 Å². The van der Waals surface area contributed by atoms with Crippen LogP contribution in [0.4, 0.5) is 5.69 Å². The Morgan fingerprint density at radius 2 is 2.30 bits per heavy atom. The second-order valence-electron chi connectivity index (χ2n) is 5.04. The lowest BCUT2D eigenvalue weighted by Gasteiger charge is -2.30. The van der Waals surface area contributed by atoms with Crippen molar-refractivity contribution >= 4 is 5.69 Å². The summed E-state index contributed by atoms with van der Waals surface area (Å²) in [6.45, 7) is 2.99. The topological polar surface area (TPSA) is 64.9 Å². The molecule has 2 atom stereocenters. The number of rotatable bonds is 4. The molecule has 1 N–H and O–H groups in total. The van der Waals surface area contributed by atoms with Gasteiger partial charge in [0, 0.05) is 12.6 Å². The van der Waals surface area contributed by atoms with E-state index in [-0.39, 0.29) is 0 Å². The van der Waals surface area contributed by atoms with Gasteiger partial charge in [0.25, 0.3) is 0 Å². The van der Waals surface area contributed by atoms with E-state index in [1.165, 1.54) is 0 Å². The number of benzene rings is 1. The van der Waals surface area contributed by atoms with Crippen molar-refractivity contribution in [1.82, 2.24) is 20.2 Å². The highest BCUT2D eigenvalue weighted by atomic mass is 16.5. The molecule has 2 unspecified atom stereocenters. The van der Waals surface area contributed by atoms with E-state index < -0.39 is 0 Å². The maximum absolute atomic E-state index is 5.72. The minimum absolute atomic E-state index is 0.362. The lowest BCUT2D eigenvalue weighted by atomic mass is 10.0. The van der Waals surface area contributed by atoms with Crippen LogP contribution in [-0.4, -0.2) is 39.0 Å². The first-order chi connectivity index (χ1) is 9.86. The zero-order chi connectivity index (χ0) is 13.8. The van der Waals surface area contributed by atoms with E-state index in [1.807, 2.05) is 18.2 Å². The molecule has 1 fully saturated rings. The van der Waals surface area contributed by atoms with Crippen molar-refractivity contribution < 1.29 is 4.74 Å². The Hall–Kier alpha value is -1.95. The van der Waals surface area contributed by atoms with E-state index in [0.29, 0.717) is 12.1 Å². The molecule has 2 heterocycles. The smallest absolute Gasteiger partial charge is 0.143 e. The van der Waals surface area contributed by atoms with Gasteiger partial charge in [-0.2, -0.15) is 4.68 Å². The summed E-state index contributed by atoms with van der Waals surface area (Å²) < 4.78 is 7.40. The van der Waals surface area contributed by atoms with E-state index in [0.717, 1.165) is 37.2 Å².